The van der Waals surface area contributed by atoms with Crippen molar-refractivity contribution in [2.24, 2.45) is 0 Å². The minimum Gasteiger partial charge on any atom is -0.222 e. The van der Waals surface area contributed by atoms with Crippen LogP contribution in [0.25, 0.3) is 5.65 Å². The monoisotopic (exact) mass is 219 g/mol. The normalized spacial score (nSPS) is 10.9. The van der Waals surface area contributed by atoms with Crippen molar-refractivity contribution in [1.82, 2.24) is 10.2 Å². The van der Waals surface area contributed by atoms with Crippen LogP contribution in [0.1, 0.15) is 0 Å². The van der Waals surface area contributed by atoms with E-state index in [1.165, 1.54) is 0 Å². The average molecular weight is 220 g/mol. The Bertz CT molecular complexity index is 363. The molecule has 1 N–H and O–H groups in total. The maximum atomic E-state index is 8.49. The smallest absolute Gasteiger partial charge is 0.222 e. The van der Waals surface area contributed by atoms with Gasteiger partial charge in [-0.25, -0.2) is 23.0 Å². The van der Waals surface area contributed by atoms with E-state index in [0.29, 0.717) is 0 Å². The molecule has 0 aromatic carbocycles. The maximum absolute atomic E-state index is 8.49. The average Bonchev–Trinajstić information content (AvgIpc) is 2.47. The molecule has 0 amide bonds. The fourth-order valence-electron chi connectivity index (χ4n) is 0.808. The zero-order valence-electron chi connectivity index (χ0n) is 6.79. The largest absolute Gasteiger partial charge is 0.269 e. The topological polar surface area (TPSA) is 125 Å². The molecule has 0 radical (unpaired) electrons. The lowest BCUT2D eigenvalue weighted by Gasteiger charge is -2.17. The molecule has 0 atom stereocenters. The van der Waals surface area contributed by atoms with Gasteiger partial charge in [0.05, 0.1) is 6.20 Å². The van der Waals surface area contributed by atoms with Crippen LogP contribution in [-0.2, 0) is 0 Å². The molecule has 2 rings (SSSR count). The van der Waals surface area contributed by atoms with Crippen LogP contribution in [0.5, 0.6) is 0 Å². The Morgan fingerprint density at radius 1 is 1.21 bits per heavy atom. The molecule has 0 aliphatic carbocycles. The zero-order valence-corrected chi connectivity index (χ0v) is 7.55. The van der Waals surface area contributed by atoms with Crippen LogP contribution >= 0.6 is 0 Å². The van der Waals surface area contributed by atoms with E-state index in [4.69, 9.17) is 18.6 Å². The highest BCUT2D eigenvalue weighted by Crippen LogP contribution is 1.85. The van der Waals surface area contributed by atoms with Crippen molar-refractivity contribution in [3.05, 3.63) is 30.7 Å². The third-order valence-electron chi connectivity index (χ3n) is 1.25. The van der Waals surface area contributed by atoms with E-state index >= 15 is 0 Å². The molecule has 0 spiro atoms. The second-order valence-electron chi connectivity index (χ2n) is 2.23. The van der Waals surface area contributed by atoms with Gasteiger partial charge in [-0.15, -0.1) is 15.3 Å². The molecular formula is C6H6ClN3O4. The Labute approximate surface area is 80.6 Å². The highest BCUT2D eigenvalue weighted by molar-refractivity contribution is 5.24. The van der Waals surface area contributed by atoms with Crippen LogP contribution < -0.4 is 23.0 Å². The van der Waals surface area contributed by atoms with Gasteiger partial charge in [-0.05, 0) is 6.07 Å². The standard InChI is InChI=1S/C6H5N3.ClHO4/c1-2-4-9-5-7-8-6(9)3-1;2-1(3,4)5/h1-5H;(H,2,3,4,5). The highest BCUT2D eigenvalue weighted by Gasteiger charge is 1.95. The quantitative estimate of drug-likeness (QED) is 0.446. The highest BCUT2D eigenvalue weighted by atomic mass is 35.7. The number of pyridine rings is 1. The Hall–Kier alpha value is -1.25. The molecule has 2 heterocycles. The number of aromatic amines is 1. The number of hydrogen-bond acceptors (Lipinski definition) is 5. The molecule has 0 aliphatic rings. The number of nitrogens with one attached hydrogen (secondary N) is 1. The summed E-state index contributed by atoms with van der Waals surface area (Å²) in [4.78, 5) is 0. The molecule has 14 heavy (non-hydrogen) atoms. The second kappa shape index (κ2) is 4.31. The van der Waals surface area contributed by atoms with Crippen LogP contribution in [0.4, 0.5) is 0 Å². The van der Waals surface area contributed by atoms with Crippen molar-refractivity contribution in [1.29, 1.82) is 0 Å². The van der Waals surface area contributed by atoms with Gasteiger partial charge in [-0.2, -0.15) is 0 Å². The molecule has 7 nitrogen and oxygen atoms in total. The molecule has 76 valence electrons. The Morgan fingerprint density at radius 2 is 1.86 bits per heavy atom. The van der Waals surface area contributed by atoms with Gasteiger partial charge in [0.2, 0.25) is 0 Å². The lowest BCUT2D eigenvalue weighted by molar-refractivity contribution is -2.00. The Balaban J connectivity index is 0.000000171. The van der Waals surface area contributed by atoms with Crippen LogP contribution in [0, 0.1) is 10.2 Å². The maximum Gasteiger partial charge on any atom is 0.269 e. The summed E-state index contributed by atoms with van der Waals surface area (Å²) in [6, 6.07) is 5.89. The van der Waals surface area contributed by atoms with E-state index in [0.717, 1.165) is 5.65 Å². The molecule has 2 aromatic heterocycles. The number of hydrogen-bond donors (Lipinski definition) is 1. The molecular weight excluding hydrogens is 214 g/mol. The summed E-state index contributed by atoms with van der Waals surface area (Å²) in [5.74, 6) is 0. The zero-order chi connectivity index (χ0) is 10.6. The predicted octanol–water partition coefficient (Wildman–Crippen LogP) is -4.61. The van der Waals surface area contributed by atoms with Crippen molar-refractivity contribution >= 4 is 5.65 Å². The predicted molar refractivity (Wildman–Crippen MR) is 31.7 cm³/mol. The summed E-state index contributed by atoms with van der Waals surface area (Å²) in [5.41, 5.74) is 1.01. The minimum atomic E-state index is -4.94. The van der Waals surface area contributed by atoms with E-state index in [2.05, 4.69) is 10.2 Å². The van der Waals surface area contributed by atoms with Gasteiger partial charge in [-0.3, -0.25) is 0 Å². The summed E-state index contributed by atoms with van der Waals surface area (Å²) in [5, 5.41) is 6.67. The molecule has 0 unspecified atom stereocenters. The first-order chi connectivity index (χ1) is 6.47. The Kier molecular flexibility index (Phi) is 3.33. The summed E-state index contributed by atoms with van der Waals surface area (Å²) in [6.45, 7) is 0. The van der Waals surface area contributed by atoms with Gasteiger partial charge in [0.15, 0.2) is 0 Å². The summed E-state index contributed by atoms with van der Waals surface area (Å²) < 4.78 is 35.9. The number of aromatic nitrogens is 3. The Morgan fingerprint density at radius 3 is 2.43 bits per heavy atom. The van der Waals surface area contributed by atoms with Crippen LogP contribution in [-0.4, -0.2) is 10.2 Å². The minimum absolute atomic E-state index is 1.01. The van der Waals surface area contributed by atoms with E-state index in [1.807, 2.05) is 28.8 Å². The fourth-order valence-corrected chi connectivity index (χ4v) is 0.808. The van der Waals surface area contributed by atoms with Gasteiger partial charge in [0.25, 0.3) is 12.0 Å². The van der Waals surface area contributed by atoms with Crippen molar-refractivity contribution in [2.75, 3.05) is 0 Å². The van der Waals surface area contributed by atoms with Crippen molar-refractivity contribution < 1.29 is 33.3 Å². The lowest BCUT2D eigenvalue weighted by atomic mass is 10.5. The number of fused-ring (bicyclic) bond motifs is 1. The van der Waals surface area contributed by atoms with E-state index in [9.17, 15) is 0 Å². The molecule has 0 saturated heterocycles. The molecule has 0 fully saturated rings. The summed E-state index contributed by atoms with van der Waals surface area (Å²) >= 11 is 0. The number of nitrogens with zero attached hydrogens (tertiary/aromatic N) is 2. The van der Waals surface area contributed by atoms with Gasteiger partial charge in [0.1, 0.15) is 0 Å². The van der Waals surface area contributed by atoms with E-state index in [1.54, 1.807) is 6.33 Å². The molecule has 0 bridgehead atoms. The number of halogens is 1. The van der Waals surface area contributed by atoms with Gasteiger partial charge in [0, 0.05) is 11.2 Å². The third kappa shape index (κ3) is 4.12. The molecule has 2 aromatic rings. The summed E-state index contributed by atoms with van der Waals surface area (Å²) in [6.07, 6.45) is 3.67. The number of H-pyrrole nitrogens is 1. The van der Waals surface area contributed by atoms with Crippen LogP contribution in [0.3, 0.4) is 0 Å². The first-order valence-corrected chi connectivity index (χ1v) is 4.61. The lowest BCUT2D eigenvalue weighted by Crippen LogP contribution is -2.68. The van der Waals surface area contributed by atoms with Crippen LogP contribution in [0.15, 0.2) is 30.7 Å². The van der Waals surface area contributed by atoms with E-state index < -0.39 is 10.2 Å². The van der Waals surface area contributed by atoms with E-state index in [-0.39, 0.29) is 0 Å². The molecule has 0 aliphatic heterocycles. The second-order valence-corrected chi connectivity index (χ2v) is 2.98. The van der Waals surface area contributed by atoms with Gasteiger partial charge < -0.3 is 0 Å². The fraction of sp³-hybridized carbons (Fsp3) is 0. The third-order valence-corrected chi connectivity index (χ3v) is 1.25. The SMILES string of the molecule is [O-][Cl+3]([O-])([O-])[O-].c1cc[n+]2cn[nH]c2c1. The van der Waals surface area contributed by atoms with Gasteiger partial charge in [-0.1, -0.05) is 6.07 Å². The first kappa shape index (κ1) is 10.8. The van der Waals surface area contributed by atoms with Crippen molar-refractivity contribution in [2.45, 2.75) is 0 Å². The molecule has 8 heteroatoms. The number of rotatable bonds is 0. The van der Waals surface area contributed by atoms with Gasteiger partial charge >= 0.3 is 0 Å². The summed E-state index contributed by atoms with van der Waals surface area (Å²) in [7, 11) is -4.94. The molecule has 0 saturated carbocycles. The van der Waals surface area contributed by atoms with Crippen LogP contribution in [0.2, 0.25) is 0 Å². The first-order valence-electron chi connectivity index (χ1n) is 3.38. The van der Waals surface area contributed by atoms with Crippen molar-refractivity contribution in [3.8, 4) is 0 Å². The van der Waals surface area contributed by atoms with Crippen molar-refractivity contribution in [3.63, 3.8) is 0 Å².